The van der Waals surface area contributed by atoms with Gasteiger partial charge in [0.2, 0.25) is 10.0 Å². The van der Waals surface area contributed by atoms with Crippen molar-refractivity contribution in [1.82, 2.24) is 4.72 Å². The lowest BCUT2D eigenvalue weighted by molar-refractivity contribution is -0.152. The Balaban J connectivity index is 1.62. The van der Waals surface area contributed by atoms with Crippen LogP contribution >= 0.6 is 0 Å². The zero-order valence-corrected chi connectivity index (χ0v) is 22.8. The van der Waals surface area contributed by atoms with E-state index in [0.29, 0.717) is 31.4 Å². The minimum Gasteiger partial charge on any atom is -0.463 e. The molecule has 0 radical (unpaired) electrons. The van der Waals surface area contributed by atoms with Gasteiger partial charge in [0.05, 0.1) is 11.5 Å². The van der Waals surface area contributed by atoms with Crippen LogP contribution in [0, 0.1) is 5.82 Å². The number of carbonyl (C=O) groups is 2. The van der Waals surface area contributed by atoms with Gasteiger partial charge in [-0.15, -0.1) is 0 Å². The molecule has 0 saturated heterocycles. The minimum atomic E-state index is -4.28. The van der Waals surface area contributed by atoms with Crippen molar-refractivity contribution >= 4 is 28.0 Å². The molecule has 1 fully saturated rings. The molecule has 3 aromatic carbocycles. The molecule has 1 N–H and O–H groups in total. The number of halogens is 1. The summed E-state index contributed by atoms with van der Waals surface area (Å²) in [6.45, 7) is 1.82. The first-order valence-electron chi connectivity index (χ1n) is 12.9. The van der Waals surface area contributed by atoms with Crippen LogP contribution in [-0.4, -0.2) is 32.5 Å². The van der Waals surface area contributed by atoms with Crippen molar-refractivity contribution < 1.29 is 36.6 Å². The van der Waals surface area contributed by atoms with Crippen LogP contribution in [0.1, 0.15) is 43.7 Å². The largest absolute Gasteiger partial charge is 0.463 e. The van der Waals surface area contributed by atoms with Gasteiger partial charge in [0.1, 0.15) is 29.5 Å². The van der Waals surface area contributed by atoms with Gasteiger partial charge >= 0.3 is 11.9 Å². The molecule has 4 rings (SSSR count). The molecule has 8 nitrogen and oxygen atoms in total. The molecular weight excluding hydrogens is 537 g/mol. The third kappa shape index (κ3) is 7.34. The average molecular weight is 568 g/mol. The Kier molecular flexibility index (Phi) is 9.34. The number of hydrogen-bond donors (Lipinski definition) is 1. The van der Waals surface area contributed by atoms with Gasteiger partial charge in [-0.05, 0) is 79.4 Å². The lowest BCUT2D eigenvalue weighted by Gasteiger charge is -2.28. The normalized spacial score (nSPS) is 14.7. The monoisotopic (exact) mass is 567 g/mol. The van der Waals surface area contributed by atoms with Gasteiger partial charge in [0, 0.05) is 6.08 Å². The van der Waals surface area contributed by atoms with Gasteiger partial charge in [-0.2, -0.15) is 4.72 Å². The fourth-order valence-corrected chi connectivity index (χ4v) is 6.05. The number of esters is 2. The first-order valence-corrected chi connectivity index (χ1v) is 14.4. The SMILES string of the molecule is CCOC(=O)C=Cc1cc(Oc2ccc(F)cc2)ccc1S(=O)(=O)NC1(C(=O)OCc2ccccc2)CCCC1. The highest BCUT2D eigenvalue weighted by molar-refractivity contribution is 7.89. The summed E-state index contributed by atoms with van der Waals surface area (Å²) in [7, 11) is -4.28. The number of benzene rings is 3. The second-order valence-corrected chi connectivity index (χ2v) is 10.9. The quantitative estimate of drug-likeness (QED) is 0.240. The molecule has 1 aliphatic carbocycles. The molecule has 0 unspecified atom stereocenters. The van der Waals surface area contributed by atoms with Crippen LogP contribution in [0.5, 0.6) is 11.5 Å². The molecule has 0 aliphatic heterocycles. The van der Waals surface area contributed by atoms with E-state index in [4.69, 9.17) is 14.2 Å². The Hall–Kier alpha value is -4.02. The molecular formula is C30H30FNO7S. The fraction of sp³-hybridized carbons (Fsp3) is 0.267. The number of hydrogen-bond acceptors (Lipinski definition) is 7. The van der Waals surface area contributed by atoms with E-state index in [1.165, 1.54) is 48.5 Å². The summed E-state index contributed by atoms with van der Waals surface area (Å²) in [4.78, 5) is 25.1. The van der Waals surface area contributed by atoms with Gasteiger partial charge in [-0.1, -0.05) is 43.2 Å². The van der Waals surface area contributed by atoms with E-state index in [1.807, 2.05) is 30.3 Å². The predicted octanol–water partition coefficient (Wildman–Crippen LogP) is 5.53. The highest BCUT2D eigenvalue weighted by atomic mass is 32.2. The van der Waals surface area contributed by atoms with Crippen molar-refractivity contribution in [3.8, 4) is 11.5 Å². The maximum absolute atomic E-state index is 13.7. The van der Waals surface area contributed by atoms with Gasteiger partial charge < -0.3 is 14.2 Å². The van der Waals surface area contributed by atoms with E-state index in [0.717, 1.165) is 11.6 Å². The molecule has 40 heavy (non-hydrogen) atoms. The second-order valence-electron chi connectivity index (χ2n) is 9.30. The summed E-state index contributed by atoms with van der Waals surface area (Å²) < 4.78 is 59.6. The molecule has 3 aromatic rings. The van der Waals surface area contributed by atoms with Crippen molar-refractivity contribution in [2.24, 2.45) is 0 Å². The minimum absolute atomic E-state index is 0.0199. The molecule has 0 atom stereocenters. The summed E-state index contributed by atoms with van der Waals surface area (Å²) >= 11 is 0. The van der Waals surface area contributed by atoms with E-state index < -0.39 is 33.3 Å². The smallest absolute Gasteiger partial charge is 0.330 e. The number of sulfonamides is 1. The first-order chi connectivity index (χ1) is 19.2. The number of rotatable bonds is 11. The maximum Gasteiger partial charge on any atom is 0.330 e. The van der Waals surface area contributed by atoms with Gasteiger partial charge in [0.15, 0.2) is 0 Å². The lowest BCUT2D eigenvalue weighted by atomic mass is 10.00. The summed E-state index contributed by atoms with van der Waals surface area (Å²) in [5.41, 5.74) is -0.500. The molecule has 0 amide bonds. The highest BCUT2D eigenvalue weighted by Gasteiger charge is 2.46. The van der Waals surface area contributed by atoms with Gasteiger partial charge in [-0.3, -0.25) is 4.79 Å². The van der Waals surface area contributed by atoms with Crippen LogP contribution in [-0.2, 0) is 35.7 Å². The molecule has 0 aromatic heterocycles. The fourth-order valence-electron chi connectivity index (χ4n) is 4.45. The van der Waals surface area contributed by atoms with Crippen LogP contribution < -0.4 is 9.46 Å². The van der Waals surface area contributed by atoms with Crippen LogP contribution in [0.4, 0.5) is 4.39 Å². The third-order valence-corrected chi connectivity index (χ3v) is 8.01. The van der Waals surface area contributed by atoms with E-state index in [9.17, 15) is 22.4 Å². The molecule has 0 spiro atoms. The van der Waals surface area contributed by atoms with Gasteiger partial charge in [0.25, 0.3) is 0 Å². The Morgan fingerprint density at radius 3 is 2.30 bits per heavy atom. The first kappa shape index (κ1) is 29.0. The molecule has 1 aliphatic rings. The second kappa shape index (κ2) is 12.9. The third-order valence-electron chi connectivity index (χ3n) is 6.40. The van der Waals surface area contributed by atoms with Gasteiger partial charge in [-0.25, -0.2) is 17.6 Å². The number of carbonyl (C=O) groups excluding carboxylic acids is 2. The topological polar surface area (TPSA) is 108 Å². The number of ether oxygens (including phenoxy) is 3. The van der Waals surface area contributed by atoms with E-state index in [2.05, 4.69) is 4.72 Å². The molecule has 210 valence electrons. The zero-order chi connectivity index (χ0) is 28.6. The van der Waals surface area contributed by atoms with E-state index in [-0.39, 0.29) is 29.4 Å². The molecule has 10 heteroatoms. The van der Waals surface area contributed by atoms with Crippen molar-refractivity contribution in [3.63, 3.8) is 0 Å². The molecule has 0 heterocycles. The molecule has 0 bridgehead atoms. The van der Waals surface area contributed by atoms with Crippen molar-refractivity contribution in [1.29, 1.82) is 0 Å². The Morgan fingerprint density at radius 1 is 0.950 bits per heavy atom. The summed E-state index contributed by atoms with van der Waals surface area (Å²) in [6, 6.07) is 18.7. The summed E-state index contributed by atoms with van der Waals surface area (Å²) in [5.74, 6) is -1.13. The number of nitrogens with one attached hydrogen (secondary N) is 1. The van der Waals surface area contributed by atoms with E-state index in [1.54, 1.807) is 6.92 Å². The van der Waals surface area contributed by atoms with Crippen LogP contribution in [0.2, 0.25) is 0 Å². The van der Waals surface area contributed by atoms with Crippen molar-refractivity contribution in [2.75, 3.05) is 6.61 Å². The Labute approximate surface area is 232 Å². The van der Waals surface area contributed by atoms with Crippen LogP contribution in [0.3, 0.4) is 0 Å². The molecule has 1 saturated carbocycles. The summed E-state index contributed by atoms with van der Waals surface area (Å²) in [5, 5.41) is 0. The highest BCUT2D eigenvalue weighted by Crippen LogP contribution is 2.34. The average Bonchev–Trinajstić information content (AvgIpc) is 3.41. The van der Waals surface area contributed by atoms with Crippen LogP contribution in [0.25, 0.3) is 6.08 Å². The van der Waals surface area contributed by atoms with Crippen LogP contribution in [0.15, 0.2) is 83.8 Å². The lowest BCUT2D eigenvalue weighted by Crippen LogP contribution is -2.53. The standard InChI is InChI=1S/C30H30FNO7S/c1-2-37-28(33)17-10-23-20-26(39-25-13-11-24(31)12-14-25)15-16-27(23)40(35,36)32-30(18-6-7-19-30)29(34)38-21-22-8-4-3-5-9-22/h3-5,8-17,20,32H,2,6-7,18-19,21H2,1H3. The van der Waals surface area contributed by atoms with Crippen molar-refractivity contribution in [3.05, 3.63) is 95.8 Å². The maximum atomic E-state index is 13.7. The van der Waals surface area contributed by atoms with Crippen molar-refractivity contribution in [2.45, 2.75) is 49.6 Å². The Bertz CT molecular complexity index is 1470. The zero-order valence-electron chi connectivity index (χ0n) is 22.0. The predicted molar refractivity (Wildman–Crippen MR) is 146 cm³/mol. The van der Waals surface area contributed by atoms with E-state index >= 15 is 0 Å². The Morgan fingerprint density at radius 2 is 1.62 bits per heavy atom. The summed E-state index contributed by atoms with van der Waals surface area (Å²) in [6.07, 6.45) is 4.31.